The van der Waals surface area contributed by atoms with Crippen molar-refractivity contribution in [3.8, 4) is 11.8 Å². The maximum absolute atomic E-state index is 10.5. The molecule has 0 atom stereocenters. The van der Waals surface area contributed by atoms with Gasteiger partial charge in [0.15, 0.2) is 6.61 Å². The highest BCUT2D eigenvalue weighted by Crippen LogP contribution is 2.27. The molecule has 0 saturated heterocycles. The highest BCUT2D eigenvalue weighted by Gasteiger charge is 2.09. The summed E-state index contributed by atoms with van der Waals surface area (Å²) in [6.07, 6.45) is 1.64. The van der Waals surface area contributed by atoms with E-state index in [0.29, 0.717) is 17.0 Å². The molecule has 0 amide bonds. The van der Waals surface area contributed by atoms with Gasteiger partial charge in [0.2, 0.25) is 0 Å². The zero-order valence-electron chi connectivity index (χ0n) is 12.9. The van der Waals surface area contributed by atoms with Gasteiger partial charge >= 0.3 is 5.97 Å². The Morgan fingerprint density at radius 2 is 2.16 bits per heavy atom. The third kappa shape index (κ3) is 3.79. The molecule has 6 nitrogen and oxygen atoms in total. The monoisotopic (exact) mass is 353 g/mol. The van der Waals surface area contributed by atoms with Crippen molar-refractivity contribution in [2.45, 2.75) is 0 Å². The SMILES string of the molecule is N#C/C(=C\c1ccc(OCC(=O)O)c(Cl)c1)c1nc2ccccc2[nH]1. The number of nitrogens with zero attached hydrogens (tertiary/aromatic N) is 2. The number of carboxylic acids is 1. The van der Waals surface area contributed by atoms with Gasteiger partial charge in [0.1, 0.15) is 17.6 Å². The van der Waals surface area contributed by atoms with Crippen molar-refractivity contribution in [1.82, 2.24) is 9.97 Å². The maximum Gasteiger partial charge on any atom is 0.341 e. The van der Waals surface area contributed by atoms with Crippen LogP contribution in [0.2, 0.25) is 5.02 Å². The molecule has 2 N–H and O–H groups in total. The van der Waals surface area contributed by atoms with Gasteiger partial charge in [-0.1, -0.05) is 29.8 Å². The number of ether oxygens (including phenoxy) is 1. The van der Waals surface area contributed by atoms with Crippen LogP contribution < -0.4 is 4.74 Å². The number of allylic oxidation sites excluding steroid dienone is 1. The molecule has 25 heavy (non-hydrogen) atoms. The lowest BCUT2D eigenvalue weighted by molar-refractivity contribution is -0.139. The Morgan fingerprint density at radius 1 is 1.36 bits per heavy atom. The number of H-pyrrole nitrogens is 1. The zero-order valence-corrected chi connectivity index (χ0v) is 13.6. The Bertz CT molecular complexity index is 985. The largest absolute Gasteiger partial charge is 0.480 e. The molecule has 0 unspecified atom stereocenters. The van der Waals surface area contributed by atoms with Crippen molar-refractivity contribution < 1.29 is 14.6 Å². The van der Waals surface area contributed by atoms with E-state index in [1.54, 1.807) is 24.3 Å². The van der Waals surface area contributed by atoms with Crippen LogP contribution in [0.4, 0.5) is 0 Å². The van der Waals surface area contributed by atoms with E-state index < -0.39 is 12.6 Å². The Morgan fingerprint density at radius 3 is 2.84 bits per heavy atom. The Balaban J connectivity index is 1.90. The molecule has 1 aromatic heterocycles. The van der Waals surface area contributed by atoms with Crippen LogP contribution in [-0.4, -0.2) is 27.7 Å². The van der Waals surface area contributed by atoms with E-state index in [1.165, 1.54) is 0 Å². The second-order valence-corrected chi connectivity index (χ2v) is 5.55. The van der Waals surface area contributed by atoms with Crippen molar-refractivity contribution in [3.63, 3.8) is 0 Å². The number of para-hydroxylation sites is 2. The van der Waals surface area contributed by atoms with Crippen LogP contribution in [0.1, 0.15) is 11.4 Å². The number of carbonyl (C=O) groups is 1. The second kappa shape index (κ2) is 7.07. The maximum atomic E-state index is 10.5. The number of aromatic nitrogens is 2. The number of imidazole rings is 1. The fraction of sp³-hybridized carbons (Fsp3) is 0.0556. The number of aliphatic carboxylic acids is 1. The number of nitrogens with one attached hydrogen (secondary N) is 1. The van der Waals surface area contributed by atoms with Crippen molar-refractivity contribution in [1.29, 1.82) is 5.26 Å². The number of halogens is 1. The van der Waals surface area contributed by atoms with Crippen molar-refractivity contribution in [2.24, 2.45) is 0 Å². The molecule has 0 saturated carbocycles. The van der Waals surface area contributed by atoms with Crippen molar-refractivity contribution in [3.05, 3.63) is 58.9 Å². The summed E-state index contributed by atoms with van der Waals surface area (Å²) in [6.45, 7) is -0.475. The molecule has 0 fully saturated rings. The summed E-state index contributed by atoms with van der Waals surface area (Å²) in [6, 6.07) is 14.5. The van der Waals surface area contributed by atoms with E-state index in [0.717, 1.165) is 11.0 Å². The highest BCUT2D eigenvalue weighted by atomic mass is 35.5. The molecule has 3 aromatic rings. The fourth-order valence-electron chi connectivity index (χ4n) is 2.26. The van der Waals surface area contributed by atoms with Crippen LogP contribution in [0.5, 0.6) is 5.75 Å². The normalized spacial score (nSPS) is 11.3. The molecule has 0 bridgehead atoms. The minimum atomic E-state index is -1.09. The van der Waals surface area contributed by atoms with E-state index in [4.69, 9.17) is 21.4 Å². The summed E-state index contributed by atoms with van der Waals surface area (Å²) in [7, 11) is 0. The Labute approximate surface area is 147 Å². The number of hydrogen-bond acceptors (Lipinski definition) is 4. The topological polar surface area (TPSA) is 99.0 Å². The third-order valence-corrected chi connectivity index (χ3v) is 3.68. The van der Waals surface area contributed by atoms with Crippen LogP contribution in [0, 0.1) is 11.3 Å². The number of rotatable bonds is 5. The average molecular weight is 354 g/mol. The Hall–Kier alpha value is -3.30. The Kier molecular flexibility index (Phi) is 4.68. The van der Waals surface area contributed by atoms with Gasteiger partial charge < -0.3 is 14.8 Å². The number of aromatic amines is 1. The van der Waals surface area contributed by atoms with Gasteiger partial charge in [-0.2, -0.15) is 5.26 Å². The van der Waals surface area contributed by atoms with Gasteiger partial charge in [-0.25, -0.2) is 9.78 Å². The van der Waals surface area contributed by atoms with Gasteiger partial charge in [0.25, 0.3) is 0 Å². The second-order valence-electron chi connectivity index (χ2n) is 5.14. The summed E-state index contributed by atoms with van der Waals surface area (Å²) in [4.78, 5) is 18.0. The van der Waals surface area contributed by atoms with Gasteiger partial charge in [-0.3, -0.25) is 0 Å². The van der Waals surface area contributed by atoms with Gasteiger partial charge in [0, 0.05) is 0 Å². The highest BCUT2D eigenvalue weighted by molar-refractivity contribution is 6.32. The first-order valence-corrected chi connectivity index (χ1v) is 7.65. The molecule has 0 aliphatic rings. The van der Waals surface area contributed by atoms with Crippen LogP contribution in [0.25, 0.3) is 22.7 Å². The van der Waals surface area contributed by atoms with Crippen molar-refractivity contribution >= 4 is 40.3 Å². The molecule has 1 heterocycles. The van der Waals surface area contributed by atoms with E-state index in [9.17, 15) is 10.1 Å². The van der Waals surface area contributed by atoms with E-state index >= 15 is 0 Å². The number of benzene rings is 2. The first kappa shape index (κ1) is 16.6. The van der Waals surface area contributed by atoms with E-state index in [2.05, 4.69) is 16.0 Å². The predicted molar refractivity (Wildman–Crippen MR) is 94.2 cm³/mol. The molecule has 0 aliphatic heterocycles. The molecule has 2 aromatic carbocycles. The molecule has 124 valence electrons. The standard InChI is InChI=1S/C18H12ClN3O3/c19-13-8-11(5-6-16(13)25-10-17(23)24)7-12(9-20)18-21-14-3-1-2-4-15(14)22-18/h1-8H,10H2,(H,21,22)(H,23,24)/b12-7+. The first-order chi connectivity index (χ1) is 12.1. The molecule has 0 spiro atoms. The molecular formula is C18H12ClN3O3. The van der Waals surface area contributed by atoms with Gasteiger partial charge in [-0.15, -0.1) is 0 Å². The van der Waals surface area contributed by atoms with Crippen LogP contribution in [0.3, 0.4) is 0 Å². The zero-order chi connectivity index (χ0) is 17.8. The minimum Gasteiger partial charge on any atom is -0.480 e. The summed E-state index contributed by atoms with van der Waals surface area (Å²) < 4.78 is 5.07. The lowest BCUT2D eigenvalue weighted by Crippen LogP contribution is -2.09. The number of fused-ring (bicyclic) bond motifs is 1. The number of carboxylic acid groups (broad SMARTS) is 1. The minimum absolute atomic E-state index is 0.261. The molecule has 3 rings (SSSR count). The van der Waals surface area contributed by atoms with Gasteiger partial charge in [-0.05, 0) is 35.9 Å². The number of hydrogen-bond donors (Lipinski definition) is 2. The summed E-state index contributed by atoms with van der Waals surface area (Å²) >= 11 is 6.10. The summed E-state index contributed by atoms with van der Waals surface area (Å²) in [5, 5.41) is 18.3. The molecule has 0 radical (unpaired) electrons. The van der Waals surface area contributed by atoms with Crippen LogP contribution in [-0.2, 0) is 4.79 Å². The number of nitriles is 1. The average Bonchev–Trinajstić information content (AvgIpc) is 3.02. The summed E-state index contributed by atoms with van der Waals surface area (Å²) in [5.74, 6) is -0.355. The molecule has 7 heteroatoms. The van der Waals surface area contributed by atoms with Crippen LogP contribution in [0.15, 0.2) is 42.5 Å². The lowest BCUT2D eigenvalue weighted by Gasteiger charge is -2.06. The molecule has 0 aliphatic carbocycles. The predicted octanol–water partition coefficient (Wildman–Crippen LogP) is 3.74. The smallest absolute Gasteiger partial charge is 0.341 e. The lowest BCUT2D eigenvalue weighted by atomic mass is 10.1. The third-order valence-electron chi connectivity index (χ3n) is 3.38. The first-order valence-electron chi connectivity index (χ1n) is 7.28. The fourth-order valence-corrected chi connectivity index (χ4v) is 2.51. The van der Waals surface area contributed by atoms with E-state index in [-0.39, 0.29) is 10.8 Å². The summed E-state index contributed by atoms with van der Waals surface area (Å²) in [5.41, 5.74) is 2.64. The quantitative estimate of drug-likeness (QED) is 0.680. The van der Waals surface area contributed by atoms with Crippen LogP contribution >= 0.6 is 11.6 Å². The van der Waals surface area contributed by atoms with Crippen molar-refractivity contribution in [2.75, 3.05) is 6.61 Å². The van der Waals surface area contributed by atoms with E-state index in [1.807, 2.05) is 24.3 Å². The van der Waals surface area contributed by atoms with Gasteiger partial charge in [0.05, 0.1) is 21.6 Å². The molecular weight excluding hydrogens is 342 g/mol.